The van der Waals surface area contributed by atoms with Gasteiger partial charge in [0.1, 0.15) is 0 Å². The molecule has 1 fully saturated rings. The number of halogens is 2. The molecule has 0 bridgehead atoms. The molecule has 7 heteroatoms. The van der Waals surface area contributed by atoms with E-state index in [1.54, 1.807) is 0 Å². The van der Waals surface area contributed by atoms with Gasteiger partial charge in [0, 0.05) is 4.47 Å². The van der Waals surface area contributed by atoms with Gasteiger partial charge in [-0.25, -0.2) is 0 Å². The molecule has 1 aliphatic rings. The summed E-state index contributed by atoms with van der Waals surface area (Å²) in [4.78, 5) is 13.6. The van der Waals surface area contributed by atoms with Crippen molar-refractivity contribution in [3.05, 3.63) is 19.2 Å². The third-order valence-electron chi connectivity index (χ3n) is 3.90. The van der Waals surface area contributed by atoms with Gasteiger partial charge in [0.05, 0.1) is 19.2 Å². The summed E-state index contributed by atoms with van der Waals surface area (Å²) in [5.41, 5.74) is 5.45. The summed E-state index contributed by atoms with van der Waals surface area (Å²) in [5, 5.41) is 3.12. The van der Waals surface area contributed by atoms with Crippen LogP contribution in [-0.4, -0.2) is 16.4 Å². The molecule has 0 radical (unpaired) electrons. The van der Waals surface area contributed by atoms with E-state index in [9.17, 15) is 4.79 Å². The van der Waals surface area contributed by atoms with Crippen molar-refractivity contribution in [1.82, 2.24) is 5.32 Å². The van der Waals surface area contributed by atoms with E-state index >= 15 is 0 Å². The number of hydrogen-bond donors (Lipinski definition) is 2. The molecule has 0 saturated heterocycles. The Hall–Kier alpha value is 0.0200. The van der Waals surface area contributed by atoms with Gasteiger partial charge in [-0.1, -0.05) is 44.3 Å². The summed E-state index contributed by atoms with van der Waals surface area (Å²) in [5.74, 6) is -0.0974. The lowest BCUT2D eigenvalue weighted by Crippen LogP contribution is -2.56. The average molecular weight is 454 g/mol. The van der Waals surface area contributed by atoms with Crippen LogP contribution in [0.15, 0.2) is 14.3 Å². The van der Waals surface area contributed by atoms with Gasteiger partial charge >= 0.3 is 0 Å². The Morgan fingerprint density at radius 3 is 2.29 bits per heavy atom. The zero-order valence-corrected chi connectivity index (χ0v) is 16.4. The zero-order valence-electron chi connectivity index (χ0n) is 11.6. The summed E-state index contributed by atoms with van der Waals surface area (Å²) < 4.78 is 1.80. The summed E-state index contributed by atoms with van der Waals surface area (Å²) in [6.07, 6.45) is 7.38. The van der Waals surface area contributed by atoms with E-state index in [0.717, 1.165) is 33.9 Å². The maximum absolute atomic E-state index is 12.5. The first-order valence-electron chi connectivity index (χ1n) is 7.02. The molecule has 1 heterocycles. The average Bonchev–Trinajstić information content (AvgIpc) is 2.73. The molecule has 21 heavy (non-hydrogen) atoms. The lowest BCUT2D eigenvalue weighted by atomic mass is 9.83. The number of thiophene rings is 1. The van der Waals surface area contributed by atoms with Crippen LogP contribution in [0.3, 0.4) is 0 Å². The molecule has 2 rings (SSSR count). The third-order valence-corrected chi connectivity index (χ3v) is 7.55. The van der Waals surface area contributed by atoms with Crippen molar-refractivity contribution in [2.24, 2.45) is 5.73 Å². The van der Waals surface area contributed by atoms with Crippen molar-refractivity contribution in [3.63, 3.8) is 0 Å². The first-order chi connectivity index (χ1) is 9.94. The number of carbonyl (C=O) groups excluding carboxylic acids is 1. The normalized spacial score (nSPS) is 18.6. The predicted molar refractivity (Wildman–Crippen MR) is 99.0 cm³/mol. The number of nitrogens with one attached hydrogen (secondary N) is 1. The van der Waals surface area contributed by atoms with E-state index in [1.807, 2.05) is 6.07 Å². The molecular weight excluding hydrogens is 436 g/mol. The fourth-order valence-corrected chi connectivity index (χ4v) is 4.87. The van der Waals surface area contributed by atoms with Crippen LogP contribution in [0.25, 0.3) is 0 Å². The lowest BCUT2D eigenvalue weighted by Gasteiger charge is -2.35. The Bertz CT molecular complexity index is 518. The van der Waals surface area contributed by atoms with Gasteiger partial charge in [-0.15, -0.1) is 11.3 Å². The van der Waals surface area contributed by atoms with Gasteiger partial charge in [0.2, 0.25) is 0 Å². The quantitative estimate of drug-likeness (QED) is 0.648. The summed E-state index contributed by atoms with van der Waals surface area (Å²) in [6, 6.07) is 1.82. The SMILES string of the molecule is NC(=S)C1(NC(=O)c2cc(Br)c(Br)s2)CCCCCCC1. The molecule has 3 nitrogen and oxygen atoms in total. The van der Waals surface area contributed by atoms with Crippen LogP contribution in [0.2, 0.25) is 0 Å². The van der Waals surface area contributed by atoms with Crippen molar-refractivity contribution in [3.8, 4) is 0 Å². The van der Waals surface area contributed by atoms with E-state index in [-0.39, 0.29) is 5.91 Å². The maximum atomic E-state index is 12.5. The van der Waals surface area contributed by atoms with Crippen LogP contribution in [0, 0.1) is 0 Å². The van der Waals surface area contributed by atoms with Crippen LogP contribution >= 0.6 is 55.4 Å². The molecule has 1 saturated carbocycles. The Balaban J connectivity index is 2.18. The molecule has 1 aromatic heterocycles. The van der Waals surface area contributed by atoms with E-state index in [1.165, 1.54) is 30.6 Å². The fraction of sp³-hybridized carbons (Fsp3) is 0.571. The first kappa shape index (κ1) is 17.4. The minimum atomic E-state index is -0.532. The fourth-order valence-electron chi connectivity index (χ4n) is 2.68. The Labute approximate surface area is 151 Å². The smallest absolute Gasteiger partial charge is 0.262 e. The number of hydrogen-bond acceptors (Lipinski definition) is 3. The lowest BCUT2D eigenvalue weighted by molar-refractivity contribution is 0.0917. The third kappa shape index (κ3) is 4.27. The molecule has 1 aliphatic carbocycles. The molecule has 0 unspecified atom stereocenters. The molecule has 1 amide bonds. The number of rotatable bonds is 3. The number of thiocarbonyl (C=S) groups is 1. The molecule has 116 valence electrons. The largest absolute Gasteiger partial charge is 0.391 e. The summed E-state index contributed by atoms with van der Waals surface area (Å²) in [7, 11) is 0. The first-order valence-corrected chi connectivity index (χ1v) is 9.83. The monoisotopic (exact) mass is 452 g/mol. The number of amides is 1. The number of carbonyl (C=O) groups is 1. The van der Waals surface area contributed by atoms with E-state index in [0.29, 0.717) is 9.87 Å². The Morgan fingerprint density at radius 1 is 1.24 bits per heavy atom. The highest BCUT2D eigenvalue weighted by Gasteiger charge is 2.35. The molecular formula is C14H18Br2N2OS2. The van der Waals surface area contributed by atoms with Crippen molar-refractivity contribution in [1.29, 1.82) is 0 Å². The second-order valence-corrected chi connectivity index (χ2v) is 9.06. The second kappa shape index (κ2) is 7.53. The zero-order chi connectivity index (χ0) is 15.5. The van der Waals surface area contributed by atoms with Crippen LogP contribution in [0.5, 0.6) is 0 Å². The van der Waals surface area contributed by atoms with E-state index in [2.05, 4.69) is 37.2 Å². The van der Waals surface area contributed by atoms with Crippen LogP contribution in [-0.2, 0) is 0 Å². The van der Waals surface area contributed by atoms with Gasteiger partial charge < -0.3 is 11.1 Å². The second-order valence-electron chi connectivity index (χ2n) is 5.40. The van der Waals surface area contributed by atoms with Crippen molar-refractivity contribution in [2.75, 3.05) is 0 Å². The molecule has 0 atom stereocenters. The molecule has 0 spiro atoms. The highest BCUT2D eigenvalue weighted by atomic mass is 79.9. The van der Waals surface area contributed by atoms with E-state index in [4.69, 9.17) is 18.0 Å². The Kier molecular flexibility index (Phi) is 6.23. The standard InChI is InChI=1S/C14H18Br2N2OS2/c15-9-8-10(21-11(9)16)12(19)18-14(13(17)20)6-4-2-1-3-5-7-14/h8H,1-7H2,(H2,17,20)(H,18,19). The van der Waals surface area contributed by atoms with Crippen LogP contribution in [0.4, 0.5) is 0 Å². The van der Waals surface area contributed by atoms with Crippen molar-refractivity contribution in [2.45, 2.75) is 50.5 Å². The van der Waals surface area contributed by atoms with Gasteiger partial charge in [0.15, 0.2) is 0 Å². The summed E-state index contributed by atoms with van der Waals surface area (Å²) in [6.45, 7) is 0. The van der Waals surface area contributed by atoms with Gasteiger partial charge in [0.25, 0.3) is 5.91 Å². The Morgan fingerprint density at radius 2 is 1.81 bits per heavy atom. The van der Waals surface area contributed by atoms with Crippen LogP contribution in [0.1, 0.15) is 54.6 Å². The molecule has 0 aliphatic heterocycles. The van der Waals surface area contributed by atoms with Gasteiger partial charge in [-0.3, -0.25) is 4.79 Å². The maximum Gasteiger partial charge on any atom is 0.262 e. The van der Waals surface area contributed by atoms with Crippen LogP contribution < -0.4 is 11.1 Å². The molecule has 3 N–H and O–H groups in total. The highest BCUT2D eigenvalue weighted by Crippen LogP contribution is 2.33. The summed E-state index contributed by atoms with van der Waals surface area (Å²) >= 11 is 13.5. The minimum Gasteiger partial charge on any atom is -0.391 e. The number of nitrogens with two attached hydrogens (primary N) is 1. The van der Waals surface area contributed by atoms with Gasteiger partial charge in [-0.2, -0.15) is 0 Å². The molecule has 0 aromatic carbocycles. The van der Waals surface area contributed by atoms with Crippen molar-refractivity contribution >= 4 is 66.3 Å². The highest BCUT2D eigenvalue weighted by molar-refractivity contribution is 9.13. The van der Waals surface area contributed by atoms with Gasteiger partial charge in [-0.05, 0) is 50.8 Å². The molecule has 1 aromatic rings. The van der Waals surface area contributed by atoms with Crippen molar-refractivity contribution < 1.29 is 4.79 Å². The topological polar surface area (TPSA) is 55.1 Å². The van der Waals surface area contributed by atoms with E-state index < -0.39 is 5.54 Å². The predicted octanol–water partition coefficient (Wildman–Crippen LogP) is 4.77. The minimum absolute atomic E-state index is 0.0974.